The second kappa shape index (κ2) is 11.5. The van der Waals surface area contributed by atoms with Gasteiger partial charge in [0.15, 0.2) is 0 Å². The van der Waals surface area contributed by atoms with Crippen molar-refractivity contribution in [2.45, 2.75) is 30.0 Å². The van der Waals surface area contributed by atoms with E-state index in [-0.39, 0.29) is 23.4 Å². The highest BCUT2D eigenvalue weighted by atomic mass is 35.5. The third-order valence-electron chi connectivity index (χ3n) is 6.18. The molecule has 0 bridgehead atoms. The molecule has 0 spiro atoms. The van der Waals surface area contributed by atoms with Gasteiger partial charge >= 0.3 is 0 Å². The number of thioether (sulfide) groups is 1. The average Bonchev–Trinajstić information content (AvgIpc) is 2.84. The molecule has 2 aliphatic rings. The van der Waals surface area contributed by atoms with Gasteiger partial charge in [-0.3, -0.25) is 14.5 Å². The van der Waals surface area contributed by atoms with E-state index in [1.807, 2.05) is 24.3 Å². The maximum Gasteiger partial charge on any atom is 0.241 e. The Kier molecular flexibility index (Phi) is 8.47. The van der Waals surface area contributed by atoms with Gasteiger partial charge in [0.05, 0.1) is 31.4 Å². The molecule has 2 heterocycles. The quantitative estimate of drug-likeness (QED) is 0.550. The van der Waals surface area contributed by atoms with Crippen LogP contribution in [0.1, 0.15) is 18.9 Å². The fraction of sp³-hybridized carbons (Fsp3) is 0.440. The molecule has 6 nitrogen and oxygen atoms in total. The molecule has 0 unspecified atom stereocenters. The molecule has 0 radical (unpaired) electrons. The first-order chi connectivity index (χ1) is 16.4. The molecule has 2 aromatic carbocycles. The van der Waals surface area contributed by atoms with Crippen LogP contribution in [-0.4, -0.2) is 61.4 Å². The van der Waals surface area contributed by atoms with Crippen molar-refractivity contribution in [1.82, 2.24) is 10.2 Å². The molecule has 34 heavy (non-hydrogen) atoms. The minimum Gasteiger partial charge on any atom is -0.379 e. The summed E-state index contributed by atoms with van der Waals surface area (Å²) in [7, 11) is 0. The molecular formula is C25H29ClFN3O3S. The number of ether oxygens (including phenoxy) is 1. The molecule has 0 saturated carbocycles. The van der Waals surface area contributed by atoms with Gasteiger partial charge < -0.3 is 15.0 Å². The van der Waals surface area contributed by atoms with E-state index in [2.05, 4.69) is 10.2 Å². The largest absolute Gasteiger partial charge is 0.379 e. The van der Waals surface area contributed by atoms with Crippen LogP contribution in [-0.2, 0) is 20.9 Å². The van der Waals surface area contributed by atoms with Crippen LogP contribution >= 0.6 is 23.4 Å². The number of carbonyl (C=O) groups excluding carboxylic acids is 2. The number of nitrogens with one attached hydrogen (secondary N) is 1. The Bertz CT molecular complexity index is 1030. The van der Waals surface area contributed by atoms with Gasteiger partial charge in [-0.15, -0.1) is 11.8 Å². The van der Waals surface area contributed by atoms with Gasteiger partial charge in [0.1, 0.15) is 11.1 Å². The maximum atomic E-state index is 13.5. The summed E-state index contributed by atoms with van der Waals surface area (Å²) in [5.41, 5.74) is 1.42. The fourth-order valence-electron chi connectivity index (χ4n) is 4.18. The van der Waals surface area contributed by atoms with Crippen molar-refractivity contribution in [3.63, 3.8) is 0 Å². The van der Waals surface area contributed by atoms with Crippen LogP contribution in [0.3, 0.4) is 0 Å². The lowest BCUT2D eigenvalue weighted by Crippen LogP contribution is -2.47. The summed E-state index contributed by atoms with van der Waals surface area (Å²) >= 11 is 7.66. The number of halogens is 2. The highest BCUT2D eigenvalue weighted by Crippen LogP contribution is 2.42. The van der Waals surface area contributed by atoms with Gasteiger partial charge in [0, 0.05) is 29.6 Å². The molecule has 2 amide bonds. The smallest absolute Gasteiger partial charge is 0.241 e. The first-order valence-electron chi connectivity index (χ1n) is 11.5. The number of rotatable bonds is 8. The minimum atomic E-state index is -0.562. The molecule has 9 heteroatoms. The highest BCUT2D eigenvalue weighted by molar-refractivity contribution is 8.01. The van der Waals surface area contributed by atoms with Crippen LogP contribution in [0.15, 0.2) is 47.4 Å². The lowest BCUT2D eigenvalue weighted by molar-refractivity contribution is -0.128. The Labute approximate surface area is 208 Å². The molecule has 1 saturated heterocycles. The summed E-state index contributed by atoms with van der Waals surface area (Å²) in [4.78, 5) is 31.4. The molecule has 0 aromatic heterocycles. The maximum absolute atomic E-state index is 13.5. The minimum absolute atomic E-state index is 0.132. The monoisotopic (exact) mass is 505 g/mol. The summed E-state index contributed by atoms with van der Waals surface area (Å²) < 4.78 is 18.9. The Morgan fingerprint density at radius 2 is 2.03 bits per heavy atom. The number of morpholine rings is 1. The summed E-state index contributed by atoms with van der Waals surface area (Å²) in [5.74, 6) is -1.22. The zero-order chi connectivity index (χ0) is 24.1. The number of hydrogen-bond donors (Lipinski definition) is 1. The fourth-order valence-corrected chi connectivity index (χ4v) is 5.69. The Hall–Kier alpha value is -2.13. The van der Waals surface area contributed by atoms with Crippen LogP contribution in [0.2, 0.25) is 5.02 Å². The Morgan fingerprint density at radius 3 is 2.79 bits per heavy atom. The van der Waals surface area contributed by atoms with Crippen molar-refractivity contribution < 1.29 is 18.7 Å². The number of benzene rings is 2. The van der Waals surface area contributed by atoms with E-state index in [0.29, 0.717) is 12.1 Å². The first kappa shape index (κ1) is 25.0. The van der Waals surface area contributed by atoms with Gasteiger partial charge in [-0.1, -0.05) is 36.7 Å². The number of anilines is 1. The van der Waals surface area contributed by atoms with Gasteiger partial charge in [0.25, 0.3) is 0 Å². The SMILES string of the molecule is C[C@H](C(=O)NCCCN1CCOCC1)[C@@H]1Sc2ccccc2N(Cc2ccc(F)cc2Cl)C1=O. The summed E-state index contributed by atoms with van der Waals surface area (Å²) in [6, 6.07) is 11.8. The van der Waals surface area contributed by atoms with Crippen LogP contribution in [0, 0.1) is 11.7 Å². The van der Waals surface area contributed by atoms with Gasteiger partial charge in [-0.05, 0) is 42.8 Å². The summed E-state index contributed by atoms with van der Waals surface area (Å²) in [5, 5.41) is 2.71. The molecule has 2 atom stereocenters. The van der Waals surface area contributed by atoms with Crippen LogP contribution in [0.25, 0.3) is 0 Å². The van der Waals surface area contributed by atoms with Gasteiger partial charge in [0.2, 0.25) is 11.8 Å². The summed E-state index contributed by atoms with van der Waals surface area (Å²) in [6.45, 7) is 6.84. The number of hydrogen-bond acceptors (Lipinski definition) is 5. The number of carbonyl (C=O) groups is 2. The zero-order valence-corrected chi connectivity index (χ0v) is 20.7. The first-order valence-corrected chi connectivity index (χ1v) is 12.8. The topological polar surface area (TPSA) is 61.9 Å². The Morgan fingerprint density at radius 1 is 1.26 bits per heavy atom. The second-order valence-corrected chi connectivity index (χ2v) is 10.1. The van der Waals surface area contributed by atoms with Gasteiger partial charge in [-0.25, -0.2) is 4.39 Å². The van der Waals surface area contributed by atoms with Crippen molar-refractivity contribution in [2.24, 2.45) is 5.92 Å². The van der Waals surface area contributed by atoms with E-state index in [1.54, 1.807) is 17.9 Å². The second-order valence-electron chi connectivity index (χ2n) is 8.55. The molecular weight excluding hydrogens is 477 g/mol. The molecule has 0 aliphatic carbocycles. The van der Waals surface area contributed by atoms with E-state index < -0.39 is 17.0 Å². The van der Waals surface area contributed by atoms with E-state index in [0.717, 1.165) is 49.9 Å². The zero-order valence-electron chi connectivity index (χ0n) is 19.1. The normalized spacial score (nSPS) is 19.6. The predicted molar refractivity (Wildman–Crippen MR) is 133 cm³/mol. The summed E-state index contributed by atoms with van der Waals surface area (Å²) in [6.07, 6.45) is 0.849. The van der Waals surface area contributed by atoms with E-state index in [9.17, 15) is 14.0 Å². The van der Waals surface area contributed by atoms with E-state index in [1.165, 1.54) is 23.9 Å². The van der Waals surface area contributed by atoms with E-state index in [4.69, 9.17) is 16.3 Å². The lowest BCUT2D eigenvalue weighted by Gasteiger charge is -2.36. The molecule has 1 fully saturated rings. The average molecular weight is 506 g/mol. The molecule has 4 rings (SSSR count). The predicted octanol–water partition coefficient (Wildman–Crippen LogP) is 3.96. The Balaban J connectivity index is 1.42. The third-order valence-corrected chi connectivity index (χ3v) is 8.00. The van der Waals surface area contributed by atoms with Crippen molar-refractivity contribution >= 4 is 40.9 Å². The van der Waals surface area contributed by atoms with Crippen molar-refractivity contribution in [3.8, 4) is 0 Å². The molecule has 1 N–H and O–H groups in total. The van der Waals surface area contributed by atoms with Crippen molar-refractivity contribution in [1.29, 1.82) is 0 Å². The van der Waals surface area contributed by atoms with Crippen LogP contribution in [0.4, 0.5) is 10.1 Å². The van der Waals surface area contributed by atoms with Crippen LogP contribution in [0.5, 0.6) is 0 Å². The molecule has 2 aromatic rings. The number of fused-ring (bicyclic) bond motifs is 1. The number of nitrogens with zero attached hydrogens (tertiary/aromatic N) is 2. The highest BCUT2D eigenvalue weighted by Gasteiger charge is 2.39. The third kappa shape index (κ3) is 5.92. The van der Waals surface area contributed by atoms with E-state index >= 15 is 0 Å². The standard InChI is InChI=1S/C25H29ClFN3O3S/c1-17(24(31)28-9-4-10-29-11-13-33-14-12-29)23-25(32)30(21-5-2-3-6-22(21)34-23)16-18-7-8-19(27)15-20(18)26/h2-3,5-8,15,17,23H,4,9-14,16H2,1H3,(H,28,31)/t17-,23-/m0/s1. The van der Waals surface area contributed by atoms with Gasteiger partial charge in [-0.2, -0.15) is 0 Å². The van der Waals surface area contributed by atoms with Crippen molar-refractivity contribution in [2.75, 3.05) is 44.3 Å². The van der Waals surface area contributed by atoms with Crippen molar-refractivity contribution in [3.05, 3.63) is 58.9 Å². The molecule has 2 aliphatic heterocycles. The molecule has 182 valence electrons. The number of para-hydroxylation sites is 1. The lowest BCUT2D eigenvalue weighted by atomic mass is 10.0. The van der Waals surface area contributed by atoms with Crippen LogP contribution < -0.4 is 10.2 Å². The number of amides is 2.